The first kappa shape index (κ1) is 17.2. The van der Waals surface area contributed by atoms with Gasteiger partial charge in [-0.2, -0.15) is 0 Å². The van der Waals surface area contributed by atoms with E-state index in [1.807, 2.05) is 9.47 Å². The Morgan fingerprint density at radius 2 is 1.78 bits per heavy atom. The summed E-state index contributed by atoms with van der Waals surface area (Å²) >= 11 is 0. The maximum atomic E-state index is 11.4. The van der Waals surface area contributed by atoms with Crippen LogP contribution in [0, 0.1) is 0 Å². The summed E-state index contributed by atoms with van der Waals surface area (Å²) in [5, 5.41) is 10.9. The van der Waals surface area contributed by atoms with E-state index in [0.29, 0.717) is 0 Å². The van der Waals surface area contributed by atoms with E-state index in [2.05, 4.69) is 27.3 Å². The lowest BCUT2D eigenvalue weighted by Gasteiger charge is -2.36. The summed E-state index contributed by atoms with van der Waals surface area (Å²) in [6.45, 7) is 9.51. The highest BCUT2D eigenvalue weighted by atomic mass is 16.2. The highest BCUT2D eigenvalue weighted by Gasteiger charge is 2.20. The minimum Gasteiger partial charge on any atom is -0.357 e. The molecule has 2 rings (SSSR count). The number of nitrogens with zero attached hydrogens (tertiary/aromatic N) is 6. The van der Waals surface area contributed by atoms with Crippen LogP contribution in [-0.4, -0.2) is 75.7 Å². The van der Waals surface area contributed by atoms with Gasteiger partial charge in [0, 0.05) is 52.7 Å². The highest BCUT2D eigenvalue weighted by molar-refractivity contribution is 5.80. The molecule has 8 heteroatoms. The minimum atomic E-state index is 0.153. The normalized spacial score (nSPS) is 15.8. The SMILES string of the molecule is CCNC(=NCCCCn1cnnc1)N1CCN(C(C)=O)CC1. The van der Waals surface area contributed by atoms with Gasteiger partial charge in [0.1, 0.15) is 12.7 Å². The number of unbranched alkanes of at least 4 members (excludes halogenated alkanes) is 1. The van der Waals surface area contributed by atoms with Crippen molar-refractivity contribution in [3.8, 4) is 0 Å². The van der Waals surface area contributed by atoms with Crippen molar-refractivity contribution in [3.05, 3.63) is 12.7 Å². The summed E-state index contributed by atoms with van der Waals surface area (Å²) in [4.78, 5) is 20.2. The number of nitrogens with one attached hydrogen (secondary N) is 1. The van der Waals surface area contributed by atoms with Gasteiger partial charge in [-0.3, -0.25) is 9.79 Å². The van der Waals surface area contributed by atoms with Gasteiger partial charge in [0.25, 0.3) is 0 Å². The summed E-state index contributed by atoms with van der Waals surface area (Å²) in [5.74, 6) is 1.11. The van der Waals surface area contributed by atoms with Crippen LogP contribution in [0.2, 0.25) is 0 Å². The van der Waals surface area contributed by atoms with Crippen molar-refractivity contribution in [2.45, 2.75) is 33.2 Å². The number of aryl methyl sites for hydroxylation is 1. The minimum absolute atomic E-state index is 0.153. The van der Waals surface area contributed by atoms with Crippen LogP contribution in [0.3, 0.4) is 0 Å². The lowest BCUT2D eigenvalue weighted by molar-refractivity contribution is -0.130. The maximum absolute atomic E-state index is 11.4. The fourth-order valence-corrected chi connectivity index (χ4v) is 2.59. The van der Waals surface area contributed by atoms with Crippen LogP contribution in [0.15, 0.2) is 17.6 Å². The topological polar surface area (TPSA) is 78.7 Å². The smallest absolute Gasteiger partial charge is 0.219 e. The molecule has 1 fully saturated rings. The van der Waals surface area contributed by atoms with Gasteiger partial charge in [0.05, 0.1) is 0 Å². The molecule has 0 atom stereocenters. The fraction of sp³-hybridized carbons (Fsp3) is 0.733. The second-order valence-corrected chi connectivity index (χ2v) is 5.64. The number of amides is 1. The third-order valence-electron chi connectivity index (χ3n) is 3.91. The number of hydrogen-bond donors (Lipinski definition) is 1. The molecule has 0 aliphatic carbocycles. The Morgan fingerprint density at radius 1 is 1.13 bits per heavy atom. The quantitative estimate of drug-likeness (QED) is 0.460. The molecule has 0 aromatic carbocycles. The Kier molecular flexibility index (Phi) is 6.83. The van der Waals surface area contributed by atoms with Gasteiger partial charge >= 0.3 is 0 Å². The number of hydrogen-bond acceptors (Lipinski definition) is 4. The van der Waals surface area contributed by atoms with E-state index >= 15 is 0 Å². The van der Waals surface area contributed by atoms with Crippen LogP contribution in [0.5, 0.6) is 0 Å². The molecule has 0 spiro atoms. The first-order chi connectivity index (χ1) is 11.2. The lowest BCUT2D eigenvalue weighted by Crippen LogP contribution is -2.53. The van der Waals surface area contributed by atoms with Crippen molar-refractivity contribution in [3.63, 3.8) is 0 Å². The largest absolute Gasteiger partial charge is 0.357 e. The average molecular weight is 321 g/mol. The van der Waals surface area contributed by atoms with E-state index in [-0.39, 0.29) is 5.91 Å². The van der Waals surface area contributed by atoms with Crippen LogP contribution >= 0.6 is 0 Å². The summed E-state index contributed by atoms with van der Waals surface area (Å²) in [6, 6.07) is 0. The predicted molar refractivity (Wildman–Crippen MR) is 89.1 cm³/mol. The number of aromatic nitrogens is 3. The molecule has 1 saturated heterocycles. The van der Waals surface area contributed by atoms with Crippen molar-refractivity contribution in [2.75, 3.05) is 39.3 Å². The molecule has 8 nitrogen and oxygen atoms in total. The predicted octanol–water partition coefficient (Wildman–Crippen LogP) is 0.188. The van der Waals surface area contributed by atoms with Crippen molar-refractivity contribution in [1.82, 2.24) is 29.9 Å². The van der Waals surface area contributed by atoms with Crippen LogP contribution in [-0.2, 0) is 11.3 Å². The van der Waals surface area contributed by atoms with E-state index in [1.165, 1.54) is 0 Å². The Morgan fingerprint density at radius 3 is 2.39 bits per heavy atom. The molecule has 1 aromatic heterocycles. The van der Waals surface area contributed by atoms with Crippen LogP contribution < -0.4 is 5.32 Å². The lowest BCUT2D eigenvalue weighted by atomic mass is 10.3. The van der Waals surface area contributed by atoms with Crippen LogP contribution in [0.4, 0.5) is 0 Å². The second kappa shape index (κ2) is 9.12. The average Bonchev–Trinajstić information content (AvgIpc) is 3.07. The van der Waals surface area contributed by atoms with Crippen molar-refractivity contribution in [1.29, 1.82) is 0 Å². The zero-order valence-corrected chi connectivity index (χ0v) is 14.1. The zero-order valence-electron chi connectivity index (χ0n) is 14.1. The van der Waals surface area contributed by atoms with E-state index in [0.717, 1.165) is 64.6 Å². The van der Waals surface area contributed by atoms with Crippen LogP contribution in [0.1, 0.15) is 26.7 Å². The van der Waals surface area contributed by atoms with Gasteiger partial charge in [-0.25, -0.2) is 0 Å². The molecule has 0 unspecified atom stereocenters. The summed E-state index contributed by atoms with van der Waals surface area (Å²) < 4.78 is 1.98. The molecule has 1 aliphatic heterocycles. The Hall–Kier alpha value is -2.12. The van der Waals surface area contributed by atoms with Gasteiger partial charge < -0.3 is 19.7 Å². The van der Waals surface area contributed by atoms with Crippen molar-refractivity contribution in [2.24, 2.45) is 4.99 Å². The summed E-state index contributed by atoms with van der Waals surface area (Å²) in [7, 11) is 0. The summed E-state index contributed by atoms with van der Waals surface area (Å²) in [6.07, 6.45) is 5.56. The molecule has 23 heavy (non-hydrogen) atoms. The number of piperazine rings is 1. The Balaban J connectivity index is 1.75. The third kappa shape index (κ3) is 5.54. The van der Waals surface area contributed by atoms with Gasteiger partial charge in [0.2, 0.25) is 5.91 Å². The van der Waals surface area contributed by atoms with Crippen LogP contribution in [0.25, 0.3) is 0 Å². The van der Waals surface area contributed by atoms with E-state index in [1.54, 1.807) is 19.6 Å². The first-order valence-electron chi connectivity index (χ1n) is 8.32. The van der Waals surface area contributed by atoms with E-state index in [4.69, 9.17) is 4.99 Å². The number of aliphatic imine (C=N–C) groups is 1. The van der Waals surface area contributed by atoms with Crippen molar-refractivity contribution < 1.29 is 4.79 Å². The highest BCUT2D eigenvalue weighted by Crippen LogP contribution is 2.03. The van der Waals surface area contributed by atoms with E-state index < -0.39 is 0 Å². The van der Waals surface area contributed by atoms with Crippen molar-refractivity contribution >= 4 is 11.9 Å². The van der Waals surface area contributed by atoms with Gasteiger partial charge in [-0.05, 0) is 19.8 Å². The molecule has 0 radical (unpaired) electrons. The Labute approximate surface area is 137 Å². The maximum Gasteiger partial charge on any atom is 0.219 e. The monoisotopic (exact) mass is 321 g/mol. The van der Waals surface area contributed by atoms with Gasteiger partial charge in [0.15, 0.2) is 5.96 Å². The van der Waals surface area contributed by atoms with Gasteiger partial charge in [-0.15, -0.1) is 10.2 Å². The molecule has 0 bridgehead atoms. The molecule has 2 heterocycles. The first-order valence-corrected chi connectivity index (χ1v) is 8.32. The number of guanidine groups is 1. The second-order valence-electron chi connectivity index (χ2n) is 5.64. The number of rotatable bonds is 6. The fourth-order valence-electron chi connectivity index (χ4n) is 2.59. The summed E-state index contributed by atoms with van der Waals surface area (Å²) in [5.41, 5.74) is 0. The number of carbonyl (C=O) groups is 1. The standard InChI is InChI=1S/C15H27N7O/c1-3-16-15(22-10-8-21(9-11-22)14(2)23)17-6-4-5-7-20-12-18-19-13-20/h12-13H,3-11H2,1-2H3,(H,16,17). The molecule has 1 aromatic rings. The molecule has 1 N–H and O–H groups in total. The third-order valence-corrected chi connectivity index (χ3v) is 3.91. The molecular weight excluding hydrogens is 294 g/mol. The van der Waals surface area contributed by atoms with Gasteiger partial charge in [-0.1, -0.05) is 0 Å². The molecular formula is C15H27N7O. The zero-order chi connectivity index (χ0) is 16.5. The van der Waals surface area contributed by atoms with E-state index in [9.17, 15) is 4.79 Å². The molecule has 1 amide bonds. The molecule has 128 valence electrons. The number of carbonyl (C=O) groups excluding carboxylic acids is 1. The molecule has 0 saturated carbocycles. The molecule has 1 aliphatic rings. The Bertz CT molecular complexity index is 492.